The molecule has 49 heavy (non-hydrogen) atoms. The van der Waals surface area contributed by atoms with E-state index in [1.54, 1.807) is 74.8 Å². The van der Waals surface area contributed by atoms with E-state index in [4.69, 9.17) is 0 Å². The summed E-state index contributed by atoms with van der Waals surface area (Å²) in [4.78, 5) is 0. The Morgan fingerprint density at radius 2 is 1.02 bits per heavy atom. The van der Waals surface area contributed by atoms with Crippen LogP contribution >= 0.6 is 0 Å². The molecular formula is C46H55Cl2Zr. The van der Waals surface area contributed by atoms with E-state index in [9.17, 15) is 0 Å². The second-order valence-corrected chi connectivity index (χ2v) is 22.4. The first-order valence-electron chi connectivity index (χ1n) is 19.9. The predicted octanol–water partition coefficient (Wildman–Crippen LogP) is 6.16. The van der Waals surface area contributed by atoms with Crippen molar-refractivity contribution >= 4 is 0 Å². The van der Waals surface area contributed by atoms with Crippen LogP contribution in [0.15, 0.2) is 59.2 Å². The van der Waals surface area contributed by atoms with Crippen molar-refractivity contribution in [2.75, 3.05) is 0 Å². The van der Waals surface area contributed by atoms with Gasteiger partial charge in [-0.3, -0.25) is 0 Å². The van der Waals surface area contributed by atoms with E-state index in [1.807, 2.05) is 0 Å². The van der Waals surface area contributed by atoms with Crippen LogP contribution in [0.5, 0.6) is 0 Å². The standard InChI is InChI=1S/C46H55.2ClH.Zr/c1-43(2,3)36-17-33-9-10-44(4,41(33)20-36)42-37-7-5-34(45-21-27-11-28(22-45)13-29(12-27)23-45)18-39(37)40-19-35(6-8-38(40)42)46-24-30-14-31(25-46)16-32(15-30)26-46;;;/h5-9,18-20,27-32,42H,10-17,21-26H2,1-4H3;2*1H;/q;;;+2/p-2. The molecule has 11 aliphatic rings. The van der Waals surface area contributed by atoms with Gasteiger partial charge in [-0.2, -0.15) is 0 Å². The molecule has 0 nitrogen and oxygen atoms in total. The summed E-state index contributed by atoms with van der Waals surface area (Å²) in [5.74, 6) is 6.46. The van der Waals surface area contributed by atoms with Crippen molar-refractivity contribution in [1.82, 2.24) is 0 Å². The first kappa shape index (κ1) is 34.2. The molecule has 8 bridgehead atoms. The van der Waals surface area contributed by atoms with Crippen LogP contribution in [-0.2, 0) is 35.5 Å². The molecule has 11 aliphatic carbocycles. The van der Waals surface area contributed by atoms with Gasteiger partial charge in [0.05, 0.1) is 0 Å². The van der Waals surface area contributed by atoms with Crippen molar-refractivity contribution in [3.8, 4) is 11.1 Å². The first-order valence-corrected chi connectivity index (χ1v) is 21.4. The van der Waals surface area contributed by atoms with Crippen molar-refractivity contribution in [3.05, 3.63) is 81.4 Å². The number of fused-ring (bicyclic) bond motifs is 3. The molecule has 0 aromatic heterocycles. The van der Waals surface area contributed by atoms with Gasteiger partial charge in [0, 0.05) is 0 Å². The summed E-state index contributed by atoms with van der Waals surface area (Å²) >= 11 is 1.72. The summed E-state index contributed by atoms with van der Waals surface area (Å²) in [5.41, 5.74) is 16.7. The third-order valence-corrected chi connectivity index (χ3v) is 18.0. The average Bonchev–Trinajstić information content (AvgIpc) is 3.67. The molecule has 0 aliphatic heterocycles. The number of rotatable bonds is 3. The molecule has 0 saturated heterocycles. The number of benzene rings is 2. The van der Waals surface area contributed by atoms with Crippen molar-refractivity contribution < 1.29 is 49.5 Å². The summed E-state index contributed by atoms with van der Waals surface area (Å²) in [5, 5.41) is 0. The Morgan fingerprint density at radius 1 is 0.612 bits per heavy atom. The Hall–Kier alpha value is -0.617. The maximum atomic E-state index is 2.82. The molecule has 13 rings (SSSR count). The third kappa shape index (κ3) is 4.81. The summed E-state index contributed by atoms with van der Waals surface area (Å²) in [6.07, 6.45) is 23.3. The van der Waals surface area contributed by atoms with Gasteiger partial charge in [-0.05, 0) is 0 Å². The molecule has 8 fully saturated rings. The molecule has 2 aromatic rings. The van der Waals surface area contributed by atoms with E-state index in [2.05, 4.69) is 70.2 Å². The molecule has 3 heteroatoms. The molecule has 0 heterocycles. The van der Waals surface area contributed by atoms with Gasteiger partial charge in [-0.25, -0.2) is 0 Å². The quantitative estimate of drug-likeness (QED) is 0.351. The molecule has 0 radical (unpaired) electrons. The van der Waals surface area contributed by atoms with Crippen molar-refractivity contribution in [1.29, 1.82) is 0 Å². The first-order chi connectivity index (χ1) is 22.5. The number of hydrogen-bond acceptors (Lipinski definition) is 0. The molecule has 8 saturated carbocycles. The molecule has 0 N–H and O–H groups in total. The van der Waals surface area contributed by atoms with E-state index in [0.717, 1.165) is 39.1 Å². The van der Waals surface area contributed by atoms with Crippen LogP contribution in [-0.4, -0.2) is 0 Å². The minimum absolute atomic E-state index is 0. The van der Waals surface area contributed by atoms with Gasteiger partial charge >= 0.3 is 302 Å². The molecule has 2 aromatic carbocycles. The fraction of sp³-hybridized carbons (Fsp3) is 0.652. The van der Waals surface area contributed by atoms with Gasteiger partial charge in [0.15, 0.2) is 0 Å². The Balaban J connectivity index is 0.00000162. The third-order valence-electron chi connectivity index (χ3n) is 16.6. The SMILES string of the molecule is CC(C)(C)C1=CC2=C(C1)[CH]([Zr+2])CC2(C)C1c2ccc(C34CC5CC(CC(C5)C3)C4)cc2-c2cc(C34CC5CC(CC(C5)C3)C4)ccc21.[Cl-].[Cl-]. The monoisotopic (exact) mass is 767 g/mol. The van der Waals surface area contributed by atoms with E-state index >= 15 is 0 Å². The Kier molecular flexibility index (Phi) is 7.81. The fourth-order valence-corrected chi connectivity index (χ4v) is 17.1. The Bertz CT molecular complexity index is 1620. The summed E-state index contributed by atoms with van der Waals surface area (Å²) in [6.45, 7) is 10.0. The second kappa shape index (κ2) is 11.2. The van der Waals surface area contributed by atoms with Crippen LogP contribution in [0.3, 0.4) is 0 Å². The van der Waals surface area contributed by atoms with E-state index in [1.165, 1.54) is 89.9 Å². The smallest absolute Gasteiger partial charge is 1.00 e. The summed E-state index contributed by atoms with van der Waals surface area (Å²) in [7, 11) is 0. The normalized spacial score (nSPS) is 43.3. The number of hydrogen-bond donors (Lipinski definition) is 0. The van der Waals surface area contributed by atoms with Gasteiger partial charge in [-0.1, -0.05) is 0 Å². The van der Waals surface area contributed by atoms with Crippen molar-refractivity contribution in [3.63, 3.8) is 0 Å². The zero-order valence-electron chi connectivity index (χ0n) is 30.3. The molecule has 257 valence electrons. The maximum absolute atomic E-state index is 2.82. The Labute approximate surface area is 324 Å². The van der Waals surface area contributed by atoms with Crippen molar-refractivity contribution in [2.45, 2.75) is 138 Å². The van der Waals surface area contributed by atoms with Crippen LogP contribution in [0.25, 0.3) is 11.1 Å². The fourth-order valence-electron chi connectivity index (χ4n) is 15.4. The summed E-state index contributed by atoms with van der Waals surface area (Å²) < 4.78 is 0.767. The van der Waals surface area contributed by atoms with E-state index < -0.39 is 0 Å². The molecule has 2 atom stereocenters. The number of halogens is 2. The Morgan fingerprint density at radius 3 is 1.41 bits per heavy atom. The maximum Gasteiger partial charge on any atom is -1.00 e. The summed E-state index contributed by atoms with van der Waals surface area (Å²) in [6, 6.07) is 16.4. The molecule has 0 amide bonds. The van der Waals surface area contributed by atoms with Crippen LogP contribution in [0.4, 0.5) is 0 Å². The second-order valence-electron chi connectivity index (χ2n) is 20.6. The van der Waals surface area contributed by atoms with Gasteiger partial charge in [0.1, 0.15) is 0 Å². The van der Waals surface area contributed by atoms with Crippen LogP contribution in [0, 0.1) is 46.3 Å². The topological polar surface area (TPSA) is 0 Å². The predicted molar refractivity (Wildman–Crippen MR) is 189 cm³/mol. The minimum Gasteiger partial charge on any atom is -1.00 e. The molecular weight excluding hydrogens is 715 g/mol. The van der Waals surface area contributed by atoms with Crippen LogP contribution in [0.1, 0.15) is 146 Å². The zero-order chi connectivity index (χ0) is 31.7. The molecule has 0 spiro atoms. The van der Waals surface area contributed by atoms with Gasteiger partial charge in [-0.15, -0.1) is 0 Å². The van der Waals surface area contributed by atoms with Crippen LogP contribution < -0.4 is 24.8 Å². The van der Waals surface area contributed by atoms with Gasteiger partial charge < -0.3 is 24.8 Å². The van der Waals surface area contributed by atoms with Gasteiger partial charge in [0.25, 0.3) is 0 Å². The zero-order valence-corrected chi connectivity index (χ0v) is 34.3. The van der Waals surface area contributed by atoms with Crippen molar-refractivity contribution in [2.24, 2.45) is 46.3 Å². The van der Waals surface area contributed by atoms with Gasteiger partial charge in [0.2, 0.25) is 0 Å². The van der Waals surface area contributed by atoms with E-state index in [-0.39, 0.29) is 35.6 Å². The number of allylic oxidation sites excluding steroid dienone is 4. The average molecular weight is 770 g/mol. The van der Waals surface area contributed by atoms with E-state index in [0.29, 0.717) is 16.7 Å². The van der Waals surface area contributed by atoms with Crippen LogP contribution in [0.2, 0.25) is 3.63 Å². The molecule has 2 unspecified atom stereocenters. The largest absolute Gasteiger partial charge is 1.00 e. The minimum atomic E-state index is 0.